The van der Waals surface area contributed by atoms with Crippen molar-refractivity contribution < 1.29 is 28.6 Å². The van der Waals surface area contributed by atoms with Gasteiger partial charge in [0.05, 0.1) is 6.54 Å². The van der Waals surface area contributed by atoms with E-state index in [0.717, 1.165) is 0 Å². The molecule has 0 spiro atoms. The van der Waals surface area contributed by atoms with Crippen LogP contribution in [0.4, 0.5) is 4.79 Å². The van der Waals surface area contributed by atoms with Gasteiger partial charge in [0.25, 0.3) is 0 Å². The topological polar surface area (TPSA) is 103 Å². The molecule has 2 N–H and O–H groups in total. The van der Waals surface area contributed by atoms with Crippen molar-refractivity contribution in [1.82, 2.24) is 10.6 Å². The summed E-state index contributed by atoms with van der Waals surface area (Å²) in [5, 5.41) is 5.62. The summed E-state index contributed by atoms with van der Waals surface area (Å²) in [5.74, 6) is -0.848. The molecule has 8 heteroatoms. The lowest BCUT2D eigenvalue weighted by molar-refractivity contribution is -0.158. The van der Waals surface area contributed by atoms with Crippen LogP contribution in [0, 0.1) is 0 Å². The lowest BCUT2D eigenvalue weighted by atomic mass is 10.1. The van der Waals surface area contributed by atoms with Crippen LogP contribution in [0.15, 0.2) is 0 Å². The molecule has 0 saturated heterocycles. The molecule has 0 fully saturated rings. The van der Waals surface area contributed by atoms with E-state index in [-0.39, 0.29) is 6.54 Å². The van der Waals surface area contributed by atoms with Gasteiger partial charge < -0.3 is 19.5 Å². The van der Waals surface area contributed by atoms with Crippen LogP contribution in [0.2, 0.25) is 0 Å². The number of hydrogen-bond donors (Lipinski definition) is 2. The van der Waals surface area contributed by atoms with E-state index < -0.39 is 40.9 Å². The van der Waals surface area contributed by atoms with Crippen LogP contribution < -0.4 is 10.6 Å². The van der Waals surface area contributed by atoms with E-state index >= 15 is 0 Å². The molecule has 1 amide bonds. The first-order chi connectivity index (χ1) is 13.0. The number of nitrogens with one attached hydrogen (secondary N) is 2. The van der Waals surface area contributed by atoms with Crippen molar-refractivity contribution in [1.29, 1.82) is 0 Å². The molecule has 0 bridgehead atoms. The van der Waals surface area contributed by atoms with Gasteiger partial charge in [-0.05, 0) is 81.6 Å². The molecule has 0 heterocycles. The Bertz CT molecular complexity index is 541. The quantitative estimate of drug-likeness (QED) is 0.338. The van der Waals surface area contributed by atoms with Gasteiger partial charge in [-0.25, -0.2) is 4.79 Å². The molecule has 0 saturated carbocycles. The van der Waals surface area contributed by atoms with E-state index in [2.05, 4.69) is 10.6 Å². The van der Waals surface area contributed by atoms with Gasteiger partial charge in [0.1, 0.15) is 22.8 Å². The molecule has 0 radical (unpaired) electrons. The molecule has 1 atom stereocenters. The summed E-state index contributed by atoms with van der Waals surface area (Å²) in [6, 6.07) is -0.636. The monoisotopic (exact) mass is 416 g/mol. The number of unbranched alkanes of at least 4 members (excludes halogenated alkanes) is 1. The largest absolute Gasteiger partial charge is 0.459 e. The maximum absolute atomic E-state index is 12.5. The van der Waals surface area contributed by atoms with E-state index in [1.807, 2.05) is 0 Å². The molecule has 0 aliphatic heterocycles. The SMILES string of the molecule is CC(C)(C)OC(=O)CN[C@@H](CCCCNC(=O)OC(C)(C)C)C(=O)OC(C)(C)C. The zero-order valence-corrected chi connectivity index (χ0v) is 19.6. The fourth-order valence-electron chi connectivity index (χ4n) is 2.24. The Morgan fingerprint density at radius 1 is 0.759 bits per heavy atom. The Labute approximate surface area is 175 Å². The van der Waals surface area contributed by atoms with E-state index in [4.69, 9.17) is 14.2 Å². The third-order valence-electron chi connectivity index (χ3n) is 3.19. The lowest BCUT2D eigenvalue weighted by Crippen LogP contribution is -2.44. The summed E-state index contributed by atoms with van der Waals surface area (Å²) >= 11 is 0. The summed E-state index contributed by atoms with van der Waals surface area (Å²) in [6.07, 6.45) is 1.31. The smallest absolute Gasteiger partial charge is 0.407 e. The Hall–Kier alpha value is -1.83. The molecule has 0 aromatic carbocycles. The molecule has 0 aliphatic rings. The van der Waals surface area contributed by atoms with E-state index in [1.54, 1.807) is 62.3 Å². The predicted molar refractivity (Wildman–Crippen MR) is 112 cm³/mol. The van der Waals surface area contributed by atoms with Crippen LogP contribution in [-0.2, 0) is 23.8 Å². The number of alkyl carbamates (subject to hydrolysis) is 1. The van der Waals surface area contributed by atoms with Gasteiger partial charge >= 0.3 is 18.0 Å². The van der Waals surface area contributed by atoms with E-state index in [1.165, 1.54) is 0 Å². The van der Waals surface area contributed by atoms with Crippen molar-refractivity contribution in [2.45, 2.75) is 104 Å². The Morgan fingerprint density at radius 2 is 1.28 bits per heavy atom. The van der Waals surface area contributed by atoms with Gasteiger partial charge in [0.15, 0.2) is 0 Å². The average Bonchev–Trinajstić information content (AvgIpc) is 2.44. The lowest BCUT2D eigenvalue weighted by Gasteiger charge is -2.25. The third-order valence-corrected chi connectivity index (χ3v) is 3.19. The van der Waals surface area contributed by atoms with Crippen LogP contribution in [0.3, 0.4) is 0 Å². The second-order valence-electron chi connectivity index (χ2n) is 9.98. The zero-order chi connectivity index (χ0) is 22.9. The maximum atomic E-state index is 12.5. The van der Waals surface area contributed by atoms with Crippen LogP contribution in [0.1, 0.15) is 81.6 Å². The molecule has 170 valence electrons. The highest BCUT2D eigenvalue weighted by atomic mass is 16.6. The molecule has 0 unspecified atom stereocenters. The average molecular weight is 417 g/mol. The molecule has 0 aromatic rings. The Kier molecular flexibility index (Phi) is 10.7. The zero-order valence-electron chi connectivity index (χ0n) is 19.6. The number of hydrogen-bond acceptors (Lipinski definition) is 7. The number of amides is 1. The van der Waals surface area contributed by atoms with Crippen molar-refractivity contribution in [3.05, 3.63) is 0 Å². The summed E-state index contributed by atoms with van der Waals surface area (Å²) in [6.45, 7) is 16.5. The van der Waals surface area contributed by atoms with Crippen LogP contribution in [0.25, 0.3) is 0 Å². The van der Waals surface area contributed by atoms with Gasteiger partial charge in [0.2, 0.25) is 0 Å². The highest BCUT2D eigenvalue weighted by Gasteiger charge is 2.26. The number of carbonyl (C=O) groups excluding carboxylic acids is 3. The second kappa shape index (κ2) is 11.4. The first kappa shape index (κ1) is 27.2. The minimum Gasteiger partial charge on any atom is -0.459 e. The van der Waals surface area contributed by atoms with Crippen molar-refractivity contribution >= 4 is 18.0 Å². The molecule has 0 aliphatic carbocycles. The minimum absolute atomic E-state index is 0.0860. The van der Waals surface area contributed by atoms with Crippen molar-refractivity contribution in [3.8, 4) is 0 Å². The molecule has 0 rings (SSSR count). The maximum Gasteiger partial charge on any atom is 0.407 e. The first-order valence-corrected chi connectivity index (χ1v) is 10.1. The van der Waals surface area contributed by atoms with Crippen molar-refractivity contribution in [2.24, 2.45) is 0 Å². The predicted octanol–water partition coefficient (Wildman–Crippen LogP) is 3.32. The van der Waals surface area contributed by atoms with Crippen molar-refractivity contribution in [3.63, 3.8) is 0 Å². The number of esters is 2. The highest BCUT2D eigenvalue weighted by Crippen LogP contribution is 2.12. The van der Waals surface area contributed by atoms with Crippen LogP contribution >= 0.6 is 0 Å². The Balaban J connectivity index is 4.54. The highest BCUT2D eigenvalue weighted by molar-refractivity contribution is 5.78. The fourth-order valence-corrected chi connectivity index (χ4v) is 2.24. The standard InChI is InChI=1S/C21H40N2O6/c1-19(2,3)27-16(24)14-23-15(17(25)28-20(4,5)6)12-10-11-13-22-18(26)29-21(7,8)9/h15,23H,10-14H2,1-9H3,(H,22,26)/t15-/m0/s1. The summed E-state index contributed by atoms with van der Waals surface area (Å²) in [4.78, 5) is 36.0. The van der Waals surface area contributed by atoms with Crippen molar-refractivity contribution in [2.75, 3.05) is 13.1 Å². The summed E-state index contributed by atoms with van der Waals surface area (Å²) < 4.78 is 15.9. The van der Waals surface area contributed by atoms with E-state index in [9.17, 15) is 14.4 Å². The van der Waals surface area contributed by atoms with Crippen LogP contribution in [0.5, 0.6) is 0 Å². The number of carbonyl (C=O) groups is 3. The third kappa shape index (κ3) is 16.8. The summed E-state index contributed by atoms with van der Waals surface area (Å²) in [5.41, 5.74) is -1.76. The second-order valence-corrected chi connectivity index (χ2v) is 9.98. The molecule has 0 aromatic heterocycles. The van der Waals surface area contributed by atoms with Gasteiger partial charge in [0, 0.05) is 6.54 Å². The number of ether oxygens (including phenoxy) is 3. The van der Waals surface area contributed by atoms with Gasteiger partial charge in [-0.15, -0.1) is 0 Å². The Morgan fingerprint density at radius 3 is 1.76 bits per heavy atom. The first-order valence-electron chi connectivity index (χ1n) is 10.1. The molecular weight excluding hydrogens is 376 g/mol. The fraction of sp³-hybridized carbons (Fsp3) is 0.857. The summed E-state index contributed by atoms with van der Waals surface area (Å²) in [7, 11) is 0. The minimum atomic E-state index is -0.636. The van der Waals surface area contributed by atoms with E-state index in [0.29, 0.717) is 25.8 Å². The van der Waals surface area contributed by atoms with Gasteiger partial charge in [-0.2, -0.15) is 0 Å². The van der Waals surface area contributed by atoms with Gasteiger partial charge in [-0.1, -0.05) is 0 Å². The molecule has 8 nitrogen and oxygen atoms in total. The number of rotatable bonds is 9. The van der Waals surface area contributed by atoms with Gasteiger partial charge in [-0.3, -0.25) is 14.9 Å². The van der Waals surface area contributed by atoms with Crippen LogP contribution in [-0.4, -0.2) is 54.0 Å². The molecule has 29 heavy (non-hydrogen) atoms. The molecular formula is C21H40N2O6. The normalized spacial score (nSPS) is 13.4.